The van der Waals surface area contributed by atoms with Crippen molar-refractivity contribution in [3.8, 4) is 0 Å². The monoisotopic (exact) mass is 178 g/mol. The standard InChI is InChI=1S/C10H14N2O/c1-12-9(6-7-11-12)10(13)5-4-8-2-3-8/h6-8H,2-5H2,1H3. The molecule has 13 heavy (non-hydrogen) atoms. The van der Waals surface area contributed by atoms with Crippen molar-refractivity contribution in [3.05, 3.63) is 18.0 Å². The topological polar surface area (TPSA) is 34.9 Å². The molecule has 1 aliphatic carbocycles. The fourth-order valence-electron chi connectivity index (χ4n) is 1.52. The lowest BCUT2D eigenvalue weighted by atomic mass is 10.1. The summed E-state index contributed by atoms with van der Waals surface area (Å²) in [4.78, 5) is 11.6. The predicted molar refractivity (Wildman–Crippen MR) is 49.5 cm³/mol. The summed E-state index contributed by atoms with van der Waals surface area (Å²) in [5, 5.41) is 3.98. The number of aryl methyl sites for hydroxylation is 1. The summed E-state index contributed by atoms with van der Waals surface area (Å²) in [7, 11) is 1.81. The SMILES string of the molecule is Cn1nccc1C(=O)CCC1CC1. The molecule has 0 unspecified atom stereocenters. The molecular weight excluding hydrogens is 164 g/mol. The molecule has 0 aliphatic heterocycles. The van der Waals surface area contributed by atoms with Crippen LogP contribution < -0.4 is 0 Å². The third kappa shape index (κ3) is 1.97. The lowest BCUT2D eigenvalue weighted by molar-refractivity contribution is 0.0969. The molecule has 0 spiro atoms. The number of ketones is 1. The van der Waals surface area contributed by atoms with Gasteiger partial charge in [0.05, 0.1) is 0 Å². The third-order valence-corrected chi connectivity index (χ3v) is 2.58. The summed E-state index contributed by atoms with van der Waals surface area (Å²) in [5.74, 6) is 1.06. The van der Waals surface area contributed by atoms with E-state index < -0.39 is 0 Å². The van der Waals surface area contributed by atoms with Crippen molar-refractivity contribution in [2.45, 2.75) is 25.7 Å². The molecule has 1 heterocycles. The highest BCUT2D eigenvalue weighted by Crippen LogP contribution is 2.33. The molecule has 1 aliphatic rings. The molecule has 1 aromatic rings. The molecule has 0 N–H and O–H groups in total. The molecule has 3 nitrogen and oxygen atoms in total. The zero-order valence-corrected chi connectivity index (χ0v) is 7.86. The van der Waals surface area contributed by atoms with Crippen LogP contribution >= 0.6 is 0 Å². The van der Waals surface area contributed by atoms with Gasteiger partial charge in [-0.25, -0.2) is 0 Å². The van der Waals surface area contributed by atoms with Crippen LogP contribution in [0, 0.1) is 5.92 Å². The molecule has 2 rings (SSSR count). The molecule has 0 aromatic carbocycles. The van der Waals surface area contributed by atoms with Gasteiger partial charge in [0, 0.05) is 19.7 Å². The Morgan fingerprint density at radius 1 is 1.69 bits per heavy atom. The van der Waals surface area contributed by atoms with E-state index in [-0.39, 0.29) is 5.78 Å². The zero-order chi connectivity index (χ0) is 9.26. The normalized spacial score (nSPS) is 16.1. The first-order valence-electron chi connectivity index (χ1n) is 4.78. The molecule has 0 bridgehead atoms. The van der Waals surface area contributed by atoms with E-state index in [2.05, 4.69) is 5.10 Å². The van der Waals surface area contributed by atoms with Crippen LogP contribution in [0.5, 0.6) is 0 Å². The van der Waals surface area contributed by atoms with Gasteiger partial charge in [0.25, 0.3) is 0 Å². The van der Waals surface area contributed by atoms with Crippen LogP contribution in [0.25, 0.3) is 0 Å². The van der Waals surface area contributed by atoms with Crippen LogP contribution in [0.3, 0.4) is 0 Å². The number of aromatic nitrogens is 2. The summed E-state index contributed by atoms with van der Waals surface area (Å²) in [6.45, 7) is 0. The quantitative estimate of drug-likeness (QED) is 0.659. The molecule has 0 saturated heterocycles. The zero-order valence-electron chi connectivity index (χ0n) is 7.86. The Bertz CT molecular complexity index is 312. The number of hydrogen-bond donors (Lipinski definition) is 0. The summed E-state index contributed by atoms with van der Waals surface area (Å²) < 4.78 is 1.65. The van der Waals surface area contributed by atoms with E-state index in [9.17, 15) is 4.79 Å². The van der Waals surface area contributed by atoms with Crippen LogP contribution in [0.2, 0.25) is 0 Å². The number of rotatable bonds is 4. The van der Waals surface area contributed by atoms with Crippen molar-refractivity contribution in [3.63, 3.8) is 0 Å². The van der Waals surface area contributed by atoms with Crippen molar-refractivity contribution >= 4 is 5.78 Å². The molecule has 3 heteroatoms. The van der Waals surface area contributed by atoms with Crippen LogP contribution in [0.15, 0.2) is 12.3 Å². The lowest BCUT2D eigenvalue weighted by Crippen LogP contribution is -2.06. The summed E-state index contributed by atoms with van der Waals surface area (Å²) in [6.07, 6.45) is 6.05. The van der Waals surface area contributed by atoms with Crippen molar-refractivity contribution in [2.24, 2.45) is 13.0 Å². The van der Waals surface area contributed by atoms with E-state index in [1.165, 1.54) is 12.8 Å². The fourth-order valence-corrected chi connectivity index (χ4v) is 1.52. The van der Waals surface area contributed by atoms with Crippen molar-refractivity contribution in [1.82, 2.24) is 9.78 Å². The van der Waals surface area contributed by atoms with Crippen LogP contribution in [0.1, 0.15) is 36.2 Å². The van der Waals surface area contributed by atoms with E-state index in [0.29, 0.717) is 6.42 Å². The third-order valence-electron chi connectivity index (χ3n) is 2.58. The first-order valence-corrected chi connectivity index (χ1v) is 4.78. The van der Waals surface area contributed by atoms with E-state index in [4.69, 9.17) is 0 Å². The highest BCUT2D eigenvalue weighted by molar-refractivity contribution is 5.94. The highest BCUT2D eigenvalue weighted by Gasteiger charge is 2.22. The Morgan fingerprint density at radius 3 is 3.00 bits per heavy atom. The van der Waals surface area contributed by atoms with Gasteiger partial charge in [-0.1, -0.05) is 12.8 Å². The van der Waals surface area contributed by atoms with Crippen LogP contribution in [0.4, 0.5) is 0 Å². The molecule has 0 radical (unpaired) electrons. The summed E-state index contributed by atoms with van der Waals surface area (Å²) >= 11 is 0. The molecule has 1 aromatic heterocycles. The van der Waals surface area contributed by atoms with E-state index in [1.807, 2.05) is 7.05 Å². The Labute approximate surface area is 77.7 Å². The van der Waals surface area contributed by atoms with Crippen molar-refractivity contribution in [2.75, 3.05) is 0 Å². The Morgan fingerprint density at radius 2 is 2.46 bits per heavy atom. The van der Waals surface area contributed by atoms with Crippen molar-refractivity contribution in [1.29, 1.82) is 0 Å². The Kier molecular flexibility index (Phi) is 2.17. The molecular formula is C10H14N2O. The second kappa shape index (κ2) is 3.32. The molecule has 0 atom stereocenters. The van der Waals surface area contributed by atoms with Gasteiger partial charge in [-0.15, -0.1) is 0 Å². The fraction of sp³-hybridized carbons (Fsp3) is 0.600. The minimum atomic E-state index is 0.229. The first kappa shape index (κ1) is 8.48. The summed E-state index contributed by atoms with van der Waals surface area (Å²) in [6, 6.07) is 1.79. The second-order valence-electron chi connectivity index (χ2n) is 3.75. The number of hydrogen-bond acceptors (Lipinski definition) is 2. The molecule has 0 amide bonds. The van der Waals surface area contributed by atoms with Crippen molar-refractivity contribution < 1.29 is 4.79 Å². The van der Waals surface area contributed by atoms with E-state index in [1.54, 1.807) is 16.9 Å². The number of carbonyl (C=O) groups is 1. The molecule has 1 saturated carbocycles. The lowest BCUT2D eigenvalue weighted by Gasteiger charge is -1.99. The molecule has 70 valence electrons. The maximum absolute atomic E-state index is 11.6. The number of Topliss-reactive ketones (excluding diaryl/α,β-unsaturated/α-hetero) is 1. The average Bonchev–Trinajstić information content (AvgIpc) is 2.84. The maximum Gasteiger partial charge on any atom is 0.180 e. The van der Waals surface area contributed by atoms with Gasteiger partial charge in [0.15, 0.2) is 5.78 Å². The Hall–Kier alpha value is -1.12. The average molecular weight is 178 g/mol. The smallest absolute Gasteiger partial charge is 0.180 e. The Balaban J connectivity index is 1.92. The number of nitrogens with zero attached hydrogens (tertiary/aromatic N) is 2. The minimum Gasteiger partial charge on any atom is -0.292 e. The largest absolute Gasteiger partial charge is 0.292 e. The first-order chi connectivity index (χ1) is 6.27. The second-order valence-corrected chi connectivity index (χ2v) is 3.75. The maximum atomic E-state index is 11.6. The van der Waals surface area contributed by atoms with Crippen LogP contribution in [-0.4, -0.2) is 15.6 Å². The highest BCUT2D eigenvalue weighted by atomic mass is 16.1. The van der Waals surface area contributed by atoms with Gasteiger partial charge < -0.3 is 0 Å². The predicted octanol–water partition coefficient (Wildman–Crippen LogP) is 1.79. The van der Waals surface area contributed by atoms with Gasteiger partial charge in [0.2, 0.25) is 0 Å². The van der Waals surface area contributed by atoms with Gasteiger partial charge in [0.1, 0.15) is 5.69 Å². The van der Waals surface area contributed by atoms with Gasteiger partial charge >= 0.3 is 0 Å². The van der Waals surface area contributed by atoms with E-state index >= 15 is 0 Å². The minimum absolute atomic E-state index is 0.229. The van der Waals surface area contributed by atoms with E-state index in [0.717, 1.165) is 18.0 Å². The summed E-state index contributed by atoms with van der Waals surface area (Å²) in [5.41, 5.74) is 0.737. The number of carbonyl (C=O) groups excluding carboxylic acids is 1. The molecule has 1 fully saturated rings. The van der Waals surface area contributed by atoms with Gasteiger partial charge in [-0.3, -0.25) is 9.48 Å². The van der Waals surface area contributed by atoms with Gasteiger partial charge in [-0.2, -0.15) is 5.10 Å². The van der Waals surface area contributed by atoms with Gasteiger partial charge in [-0.05, 0) is 18.4 Å². The van der Waals surface area contributed by atoms with Crippen LogP contribution in [-0.2, 0) is 7.05 Å².